The minimum atomic E-state index is -1.58. The first-order valence-corrected chi connectivity index (χ1v) is 23.8. The van der Waals surface area contributed by atoms with Crippen LogP contribution in [-0.2, 0) is 14.3 Å². The van der Waals surface area contributed by atoms with E-state index in [2.05, 4.69) is 79.9 Å². The lowest BCUT2D eigenvalue weighted by Crippen LogP contribution is -2.60. The Morgan fingerprint density at radius 2 is 1.03 bits per heavy atom. The molecule has 6 N–H and O–H groups in total. The summed E-state index contributed by atoms with van der Waals surface area (Å²) in [6.07, 6.45) is 49.2. The highest BCUT2D eigenvalue weighted by molar-refractivity contribution is 5.76. The lowest BCUT2D eigenvalue weighted by atomic mass is 9.99. The largest absolute Gasteiger partial charge is 0.394 e. The van der Waals surface area contributed by atoms with E-state index in [0.717, 1.165) is 57.8 Å². The molecule has 0 saturated carbocycles. The normalized spacial score (nSPS) is 21.4. The zero-order valence-corrected chi connectivity index (χ0v) is 37.7. The van der Waals surface area contributed by atoms with Gasteiger partial charge in [-0.2, -0.15) is 0 Å². The highest BCUT2D eigenvalue weighted by Crippen LogP contribution is 2.22. The molecule has 9 heteroatoms. The quantitative estimate of drug-likeness (QED) is 0.0266. The number of hydrogen-bond donors (Lipinski definition) is 6. The van der Waals surface area contributed by atoms with E-state index in [1.807, 2.05) is 18.2 Å². The zero-order valence-electron chi connectivity index (χ0n) is 37.7. The molecular formula is C51H87NO8. The summed E-state index contributed by atoms with van der Waals surface area (Å²) in [5.74, 6) is -0.262. The van der Waals surface area contributed by atoms with Crippen LogP contribution in [0.25, 0.3) is 0 Å². The monoisotopic (exact) mass is 842 g/mol. The van der Waals surface area contributed by atoms with Gasteiger partial charge in [-0.25, -0.2) is 0 Å². The molecule has 1 saturated heterocycles. The van der Waals surface area contributed by atoms with Gasteiger partial charge in [0.05, 0.1) is 25.4 Å². The highest BCUT2D eigenvalue weighted by atomic mass is 16.7. The molecule has 1 aliphatic rings. The predicted molar refractivity (Wildman–Crippen MR) is 248 cm³/mol. The number of carbonyl (C=O) groups excluding carboxylic acids is 1. The van der Waals surface area contributed by atoms with Crippen LogP contribution < -0.4 is 5.32 Å². The van der Waals surface area contributed by atoms with Crippen molar-refractivity contribution in [3.63, 3.8) is 0 Å². The number of ether oxygens (including phenoxy) is 2. The summed E-state index contributed by atoms with van der Waals surface area (Å²) in [7, 11) is 0. The van der Waals surface area contributed by atoms with Gasteiger partial charge in [-0.05, 0) is 57.8 Å². The van der Waals surface area contributed by atoms with Gasteiger partial charge in [-0.15, -0.1) is 0 Å². The second kappa shape index (κ2) is 40.4. The molecule has 0 aromatic carbocycles. The van der Waals surface area contributed by atoms with Crippen molar-refractivity contribution >= 4 is 5.91 Å². The molecule has 1 aliphatic heterocycles. The van der Waals surface area contributed by atoms with Crippen LogP contribution >= 0.6 is 0 Å². The molecule has 0 aromatic rings. The number of nitrogens with one attached hydrogen (secondary N) is 1. The molecule has 7 unspecified atom stereocenters. The van der Waals surface area contributed by atoms with E-state index >= 15 is 0 Å². The first-order valence-electron chi connectivity index (χ1n) is 23.8. The lowest BCUT2D eigenvalue weighted by Gasteiger charge is -2.40. The maximum Gasteiger partial charge on any atom is 0.220 e. The smallest absolute Gasteiger partial charge is 0.220 e. The number of carbonyl (C=O) groups is 1. The summed E-state index contributed by atoms with van der Waals surface area (Å²) >= 11 is 0. The maximum absolute atomic E-state index is 12.9. The van der Waals surface area contributed by atoms with Crippen LogP contribution in [0.2, 0.25) is 0 Å². The van der Waals surface area contributed by atoms with Gasteiger partial charge in [0.1, 0.15) is 24.4 Å². The maximum atomic E-state index is 12.9. The van der Waals surface area contributed by atoms with Crippen LogP contribution in [0.5, 0.6) is 0 Å². The van der Waals surface area contributed by atoms with Crippen LogP contribution in [0, 0.1) is 0 Å². The minimum absolute atomic E-state index is 0.217. The number of aliphatic hydroxyl groups excluding tert-OH is 5. The summed E-state index contributed by atoms with van der Waals surface area (Å²) in [4.78, 5) is 12.9. The molecule has 0 spiro atoms. The average Bonchev–Trinajstić information content (AvgIpc) is 3.25. The zero-order chi connectivity index (χ0) is 43.7. The van der Waals surface area contributed by atoms with Gasteiger partial charge in [-0.1, -0.05) is 195 Å². The number of unbranched alkanes of at least 4 members (excludes halogenated alkanes) is 16. The van der Waals surface area contributed by atoms with Crippen LogP contribution in [0.4, 0.5) is 0 Å². The Morgan fingerprint density at radius 3 is 1.50 bits per heavy atom. The van der Waals surface area contributed by atoms with Crippen molar-refractivity contribution < 1.29 is 39.8 Å². The molecular weight excluding hydrogens is 755 g/mol. The summed E-state index contributed by atoms with van der Waals surface area (Å²) < 4.78 is 11.2. The van der Waals surface area contributed by atoms with E-state index in [1.165, 1.54) is 89.9 Å². The molecule has 9 nitrogen and oxygen atoms in total. The summed E-state index contributed by atoms with van der Waals surface area (Å²) in [5.41, 5.74) is 0. The van der Waals surface area contributed by atoms with Gasteiger partial charge in [0.25, 0.3) is 0 Å². The molecule has 1 fully saturated rings. The standard InChI is InChI=1S/C51H87NO8/c1-3-5-7-9-11-13-15-17-19-21-23-25-27-29-31-33-35-37-39-41-47(55)52-44(43-59-51-50(58)49(57)48(56)46(42-53)60-51)45(54)40-38-36-34-32-30-28-26-24-22-20-18-16-14-12-10-8-6-4-2/h5,7,11,13,17,19,23,25,29,31,35,37-38,40,44-46,48-51,53-54,56-58H,3-4,6,8-10,12,14-16,18,20-22,24,26-28,30,32-34,36,39,41-43H2,1-2H3,(H,52,55)/b7-5-,13-11-,19-17-,25-23-,31-29-,37-35-,40-38+. The van der Waals surface area contributed by atoms with Crippen molar-refractivity contribution in [1.29, 1.82) is 0 Å². The fraction of sp³-hybridized carbons (Fsp3) is 0.706. The Labute approximate surface area is 365 Å². The van der Waals surface area contributed by atoms with Gasteiger partial charge in [-0.3, -0.25) is 4.79 Å². The summed E-state index contributed by atoms with van der Waals surface area (Å²) in [6, 6.07) is -0.850. The molecule has 1 rings (SSSR count). The SMILES string of the molecule is CC/C=C\C/C=C\C/C=C\C/C=C\C/C=C\C/C=C\CCC(=O)NC(COC1OC(CO)C(O)C(O)C1O)C(O)/C=C/CCCCCCCCCCCCCCCCCC. The van der Waals surface area contributed by atoms with Gasteiger partial charge in [0.2, 0.25) is 5.91 Å². The Balaban J connectivity index is 2.42. The predicted octanol–water partition coefficient (Wildman–Crippen LogP) is 10.3. The third-order valence-electron chi connectivity index (χ3n) is 10.7. The average molecular weight is 842 g/mol. The Bertz CT molecular complexity index is 1210. The van der Waals surface area contributed by atoms with Gasteiger partial charge in [0, 0.05) is 6.42 Å². The highest BCUT2D eigenvalue weighted by Gasteiger charge is 2.44. The van der Waals surface area contributed by atoms with Crippen molar-refractivity contribution in [1.82, 2.24) is 5.32 Å². The number of rotatable bonds is 38. The van der Waals surface area contributed by atoms with E-state index in [-0.39, 0.29) is 18.9 Å². The summed E-state index contributed by atoms with van der Waals surface area (Å²) in [6.45, 7) is 3.61. The molecule has 0 aromatic heterocycles. The second-order valence-corrected chi connectivity index (χ2v) is 16.2. The lowest BCUT2D eigenvalue weighted by molar-refractivity contribution is -0.302. The van der Waals surface area contributed by atoms with Crippen molar-refractivity contribution in [3.8, 4) is 0 Å². The molecule has 1 amide bonds. The van der Waals surface area contributed by atoms with Crippen molar-refractivity contribution in [2.45, 2.75) is 217 Å². The van der Waals surface area contributed by atoms with Crippen molar-refractivity contribution in [2.75, 3.05) is 13.2 Å². The number of amides is 1. The van der Waals surface area contributed by atoms with Crippen LogP contribution in [0.15, 0.2) is 85.1 Å². The molecule has 0 radical (unpaired) electrons. The third kappa shape index (κ3) is 30.4. The fourth-order valence-corrected chi connectivity index (χ4v) is 6.94. The van der Waals surface area contributed by atoms with Gasteiger partial charge in [0.15, 0.2) is 6.29 Å². The number of allylic oxidation sites excluding steroid dienone is 13. The Morgan fingerprint density at radius 1 is 0.583 bits per heavy atom. The molecule has 0 bridgehead atoms. The van der Waals surface area contributed by atoms with E-state index in [1.54, 1.807) is 6.08 Å². The molecule has 7 atom stereocenters. The second-order valence-electron chi connectivity index (χ2n) is 16.2. The fourth-order valence-electron chi connectivity index (χ4n) is 6.94. The van der Waals surface area contributed by atoms with E-state index < -0.39 is 49.5 Å². The topological polar surface area (TPSA) is 149 Å². The number of hydrogen-bond acceptors (Lipinski definition) is 8. The third-order valence-corrected chi connectivity index (χ3v) is 10.7. The first kappa shape index (κ1) is 55.4. The minimum Gasteiger partial charge on any atom is -0.394 e. The van der Waals surface area contributed by atoms with E-state index in [4.69, 9.17) is 9.47 Å². The summed E-state index contributed by atoms with van der Waals surface area (Å²) in [5, 5.41) is 54.2. The first-order chi connectivity index (χ1) is 29.3. The molecule has 1 heterocycles. The number of aliphatic hydroxyl groups is 5. The Hall–Kier alpha value is -2.63. The van der Waals surface area contributed by atoms with E-state index in [9.17, 15) is 30.3 Å². The van der Waals surface area contributed by atoms with Crippen LogP contribution in [-0.4, -0.2) is 87.5 Å². The van der Waals surface area contributed by atoms with Crippen LogP contribution in [0.3, 0.4) is 0 Å². The van der Waals surface area contributed by atoms with Crippen LogP contribution in [0.1, 0.15) is 174 Å². The molecule has 0 aliphatic carbocycles. The molecule has 60 heavy (non-hydrogen) atoms. The Kier molecular flexibility index (Phi) is 37.3. The van der Waals surface area contributed by atoms with E-state index in [0.29, 0.717) is 6.42 Å². The van der Waals surface area contributed by atoms with Crippen molar-refractivity contribution in [3.05, 3.63) is 85.1 Å². The van der Waals surface area contributed by atoms with Gasteiger partial charge >= 0.3 is 0 Å². The molecule has 344 valence electrons. The van der Waals surface area contributed by atoms with Crippen molar-refractivity contribution in [2.24, 2.45) is 0 Å². The van der Waals surface area contributed by atoms with Gasteiger partial charge < -0.3 is 40.3 Å².